The fraction of sp³-hybridized carbons (Fsp3) is 0.552. The molecule has 2 atom stereocenters. The van der Waals surface area contributed by atoms with Crippen LogP contribution in [0.3, 0.4) is 0 Å². The lowest BCUT2D eigenvalue weighted by atomic mass is 9.80. The Labute approximate surface area is 226 Å². The minimum absolute atomic E-state index is 0.115. The van der Waals surface area contributed by atoms with Crippen molar-refractivity contribution in [3.05, 3.63) is 52.3 Å². The van der Waals surface area contributed by atoms with Gasteiger partial charge in [0.15, 0.2) is 23.0 Å². The van der Waals surface area contributed by atoms with Gasteiger partial charge in [-0.25, -0.2) is 24.1 Å². The van der Waals surface area contributed by atoms with E-state index in [9.17, 15) is 4.79 Å². The normalized spacial score (nSPS) is 22.4. The van der Waals surface area contributed by atoms with Gasteiger partial charge in [-0.2, -0.15) is 0 Å². The number of imidazole rings is 1. The largest absolute Gasteiger partial charge is 0.439 e. The molecule has 0 spiro atoms. The Morgan fingerprint density at radius 2 is 1.87 bits per heavy atom. The molecule has 9 nitrogen and oxygen atoms in total. The molecule has 2 aliphatic rings. The highest BCUT2D eigenvalue weighted by Gasteiger charge is 2.37. The van der Waals surface area contributed by atoms with E-state index >= 15 is 4.39 Å². The molecule has 0 amide bonds. The Hall–Kier alpha value is -3.56. The van der Waals surface area contributed by atoms with Gasteiger partial charge in [-0.15, -0.1) is 0 Å². The van der Waals surface area contributed by atoms with Crippen molar-refractivity contribution in [2.45, 2.75) is 84.0 Å². The zero-order valence-electron chi connectivity index (χ0n) is 22.8. The van der Waals surface area contributed by atoms with E-state index in [1.54, 1.807) is 19.1 Å². The van der Waals surface area contributed by atoms with E-state index < -0.39 is 11.4 Å². The number of hydrogen-bond donors (Lipinski definition) is 2. The van der Waals surface area contributed by atoms with Gasteiger partial charge in [0.1, 0.15) is 5.52 Å². The van der Waals surface area contributed by atoms with Gasteiger partial charge in [-0.1, -0.05) is 61.7 Å². The first kappa shape index (κ1) is 25.7. The first-order valence-electron chi connectivity index (χ1n) is 14.2. The molecule has 0 bridgehead atoms. The zero-order chi connectivity index (χ0) is 27.1. The highest BCUT2D eigenvalue weighted by molar-refractivity contribution is 5.86. The summed E-state index contributed by atoms with van der Waals surface area (Å²) in [6.45, 7) is 6.66. The molecule has 206 valence electrons. The highest BCUT2D eigenvalue weighted by Crippen LogP contribution is 2.39. The average Bonchev–Trinajstić information content (AvgIpc) is 3.49. The third kappa shape index (κ3) is 4.96. The molecular formula is C29H36FN7O2. The van der Waals surface area contributed by atoms with Crippen molar-refractivity contribution in [3.63, 3.8) is 0 Å². The van der Waals surface area contributed by atoms with E-state index in [1.807, 2.05) is 22.8 Å². The maximum Gasteiger partial charge on any atom is 0.439 e. The van der Waals surface area contributed by atoms with Gasteiger partial charge >= 0.3 is 5.76 Å². The second kappa shape index (κ2) is 10.2. The van der Waals surface area contributed by atoms with E-state index in [-0.39, 0.29) is 17.7 Å². The Bertz CT molecular complexity index is 1500. The molecule has 1 unspecified atom stereocenters. The molecule has 0 radical (unpaired) electrons. The quantitative estimate of drug-likeness (QED) is 0.293. The molecule has 39 heavy (non-hydrogen) atoms. The summed E-state index contributed by atoms with van der Waals surface area (Å²) < 4.78 is 23.6. The molecular weight excluding hydrogens is 497 g/mol. The topological polar surface area (TPSA) is 115 Å². The van der Waals surface area contributed by atoms with Crippen LogP contribution < -0.4 is 11.1 Å². The van der Waals surface area contributed by atoms with Crippen molar-refractivity contribution in [2.24, 2.45) is 17.8 Å². The van der Waals surface area contributed by atoms with Crippen LogP contribution in [0, 0.1) is 17.8 Å². The molecule has 10 heteroatoms. The van der Waals surface area contributed by atoms with Gasteiger partial charge < -0.3 is 9.88 Å². The van der Waals surface area contributed by atoms with Gasteiger partial charge in [-0.3, -0.25) is 9.51 Å². The second-order valence-corrected chi connectivity index (χ2v) is 11.7. The molecule has 0 saturated heterocycles. The molecule has 2 saturated carbocycles. The van der Waals surface area contributed by atoms with Crippen LogP contribution in [0.25, 0.3) is 22.8 Å². The third-order valence-corrected chi connectivity index (χ3v) is 8.79. The molecule has 2 aliphatic carbocycles. The standard InChI is InChI=1S/C29H36FN7O2/c1-17-12-14-19(15-13-17)16-37-22-23(31-18(2)20-8-7-9-20)32-25(26-35-28(38)39-36-26)33-24(22)34-27(37)29(3,30)21-10-5-4-6-11-21/h4-6,10-11,17-20H,7-9,12-16H2,1-3H3,(H,31,32,33)(H,35,36,38)/t17-,18-,19-,29?/m1/s1. The van der Waals surface area contributed by atoms with Crippen molar-refractivity contribution in [2.75, 3.05) is 5.32 Å². The number of alkyl halides is 1. The van der Waals surface area contributed by atoms with Crippen molar-refractivity contribution in [3.8, 4) is 11.6 Å². The van der Waals surface area contributed by atoms with Gasteiger partial charge in [-0.05, 0) is 62.8 Å². The Kier molecular flexibility index (Phi) is 6.72. The fourth-order valence-corrected chi connectivity index (χ4v) is 6.03. The van der Waals surface area contributed by atoms with Crippen LogP contribution in [0.5, 0.6) is 0 Å². The second-order valence-electron chi connectivity index (χ2n) is 11.7. The number of anilines is 1. The highest BCUT2D eigenvalue weighted by atomic mass is 19.1. The maximum atomic E-state index is 16.9. The van der Waals surface area contributed by atoms with Crippen LogP contribution in [0.15, 0.2) is 39.6 Å². The smallest absolute Gasteiger partial charge is 0.365 e. The minimum atomic E-state index is -1.86. The number of rotatable bonds is 8. The summed E-state index contributed by atoms with van der Waals surface area (Å²) in [6, 6.07) is 9.31. The summed E-state index contributed by atoms with van der Waals surface area (Å²) in [7, 11) is 0. The van der Waals surface area contributed by atoms with Crippen LogP contribution in [-0.4, -0.2) is 35.7 Å². The lowest BCUT2D eigenvalue weighted by Crippen LogP contribution is -2.31. The molecule has 4 aromatic rings. The number of nitrogens with one attached hydrogen (secondary N) is 2. The summed E-state index contributed by atoms with van der Waals surface area (Å²) in [5.41, 5.74) is -0.274. The molecule has 2 N–H and O–H groups in total. The van der Waals surface area contributed by atoms with Crippen LogP contribution in [-0.2, 0) is 12.2 Å². The number of benzene rings is 1. The zero-order valence-corrected chi connectivity index (χ0v) is 22.8. The summed E-state index contributed by atoms with van der Waals surface area (Å²) >= 11 is 0. The number of hydrogen-bond acceptors (Lipinski definition) is 7. The first-order valence-corrected chi connectivity index (χ1v) is 14.2. The van der Waals surface area contributed by atoms with Gasteiger partial charge in [0.25, 0.3) is 0 Å². The van der Waals surface area contributed by atoms with Crippen molar-refractivity contribution in [1.82, 2.24) is 29.7 Å². The predicted octanol–water partition coefficient (Wildman–Crippen LogP) is 5.83. The minimum Gasteiger partial charge on any atom is -0.365 e. The Morgan fingerprint density at radius 1 is 1.13 bits per heavy atom. The lowest BCUT2D eigenvalue weighted by molar-refractivity contribution is 0.214. The molecule has 3 heterocycles. The van der Waals surface area contributed by atoms with E-state index in [0.717, 1.165) is 25.7 Å². The number of halogens is 1. The van der Waals surface area contributed by atoms with Crippen LogP contribution in [0.4, 0.5) is 10.2 Å². The van der Waals surface area contributed by atoms with Crippen molar-refractivity contribution < 1.29 is 8.91 Å². The molecule has 0 aliphatic heterocycles. The number of nitrogens with zero attached hydrogens (tertiary/aromatic N) is 5. The van der Waals surface area contributed by atoms with Crippen molar-refractivity contribution >= 4 is 17.0 Å². The number of H-pyrrole nitrogens is 1. The van der Waals surface area contributed by atoms with Gasteiger partial charge in [0.05, 0.1) is 0 Å². The van der Waals surface area contributed by atoms with Gasteiger partial charge in [0, 0.05) is 12.6 Å². The monoisotopic (exact) mass is 533 g/mol. The molecule has 3 aromatic heterocycles. The summed E-state index contributed by atoms with van der Waals surface area (Å²) in [5, 5.41) is 7.41. The van der Waals surface area contributed by atoms with Crippen molar-refractivity contribution in [1.29, 1.82) is 0 Å². The molecule has 6 rings (SSSR count). The van der Waals surface area contributed by atoms with E-state index in [1.165, 1.54) is 19.3 Å². The van der Waals surface area contributed by atoms with Crippen LogP contribution in [0.1, 0.15) is 77.1 Å². The molecule has 1 aromatic carbocycles. The van der Waals surface area contributed by atoms with E-state index in [2.05, 4.69) is 34.3 Å². The summed E-state index contributed by atoms with van der Waals surface area (Å²) in [4.78, 5) is 28.5. The first-order chi connectivity index (χ1) is 18.8. The van der Waals surface area contributed by atoms with Crippen LogP contribution >= 0.6 is 0 Å². The number of aromatic nitrogens is 6. The SMILES string of the molecule is C[C@@H](Nc1nc(-c2noc(=O)[nH]2)nc2nc(C(C)(F)c3ccccc3)n(C[C@H]3CC[C@H](C)CC3)c12)C1CCC1. The van der Waals surface area contributed by atoms with E-state index in [4.69, 9.17) is 14.5 Å². The summed E-state index contributed by atoms with van der Waals surface area (Å²) in [6.07, 6.45) is 8.06. The third-order valence-electron chi connectivity index (χ3n) is 8.79. The Balaban J connectivity index is 1.53. The number of aromatic amines is 1. The fourth-order valence-electron chi connectivity index (χ4n) is 6.03. The van der Waals surface area contributed by atoms with Crippen LogP contribution in [0.2, 0.25) is 0 Å². The maximum absolute atomic E-state index is 16.9. The number of fused-ring (bicyclic) bond motifs is 1. The van der Waals surface area contributed by atoms with E-state index in [0.29, 0.717) is 52.7 Å². The Morgan fingerprint density at radius 3 is 2.51 bits per heavy atom. The molecule has 2 fully saturated rings. The average molecular weight is 534 g/mol. The van der Waals surface area contributed by atoms with Gasteiger partial charge in [0.2, 0.25) is 11.6 Å². The predicted molar refractivity (Wildman–Crippen MR) is 147 cm³/mol. The summed E-state index contributed by atoms with van der Waals surface area (Å²) in [5.74, 6) is 2.15. The lowest BCUT2D eigenvalue weighted by Gasteiger charge is -2.32.